The van der Waals surface area contributed by atoms with Gasteiger partial charge in [-0.25, -0.2) is 4.79 Å². The van der Waals surface area contributed by atoms with Crippen LogP contribution in [0.15, 0.2) is 24.3 Å². The van der Waals surface area contributed by atoms with Crippen molar-refractivity contribution in [1.29, 1.82) is 0 Å². The van der Waals surface area contributed by atoms with Gasteiger partial charge in [0.05, 0.1) is 5.60 Å². The third-order valence-electron chi connectivity index (χ3n) is 5.84. The molecular formula is C22H36N4O2. The first-order chi connectivity index (χ1) is 13.3. The Hall–Kier alpha value is -1.63. The van der Waals surface area contributed by atoms with Crippen LogP contribution >= 0.6 is 0 Å². The molecule has 2 aliphatic rings. The van der Waals surface area contributed by atoms with E-state index in [1.807, 2.05) is 18.7 Å². The Balaban J connectivity index is 1.38. The number of aryl methyl sites for hydroxylation is 1. The molecule has 0 radical (unpaired) electrons. The maximum Gasteiger partial charge on any atom is 0.317 e. The highest BCUT2D eigenvalue weighted by Crippen LogP contribution is 2.17. The fourth-order valence-electron chi connectivity index (χ4n) is 4.19. The quantitative estimate of drug-likeness (QED) is 0.811. The van der Waals surface area contributed by atoms with Gasteiger partial charge in [-0.2, -0.15) is 0 Å². The van der Waals surface area contributed by atoms with Crippen LogP contribution in [0.5, 0.6) is 0 Å². The van der Waals surface area contributed by atoms with Crippen LogP contribution < -0.4 is 5.32 Å². The fourth-order valence-corrected chi connectivity index (χ4v) is 4.19. The lowest BCUT2D eigenvalue weighted by atomic mass is 10.0. The third-order valence-corrected chi connectivity index (χ3v) is 5.84. The molecule has 2 N–H and O–H groups in total. The molecule has 28 heavy (non-hydrogen) atoms. The second kappa shape index (κ2) is 9.25. The molecule has 0 unspecified atom stereocenters. The van der Waals surface area contributed by atoms with Gasteiger partial charge in [0.15, 0.2) is 0 Å². The predicted octanol–water partition coefficient (Wildman–Crippen LogP) is 2.06. The molecule has 2 amide bonds. The molecule has 2 aliphatic heterocycles. The average Bonchev–Trinajstić information content (AvgIpc) is 2.64. The van der Waals surface area contributed by atoms with Gasteiger partial charge in [-0.1, -0.05) is 24.3 Å². The topological polar surface area (TPSA) is 59.1 Å². The number of piperidine rings is 1. The van der Waals surface area contributed by atoms with E-state index in [0.29, 0.717) is 6.54 Å². The van der Waals surface area contributed by atoms with Gasteiger partial charge in [-0.05, 0) is 44.7 Å². The van der Waals surface area contributed by atoms with E-state index < -0.39 is 5.60 Å². The number of carbonyl (C=O) groups excluding carboxylic acids is 1. The second-order valence-electron chi connectivity index (χ2n) is 9.00. The molecule has 156 valence electrons. The van der Waals surface area contributed by atoms with Gasteiger partial charge >= 0.3 is 6.03 Å². The number of nitrogens with one attached hydrogen (secondary N) is 1. The van der Waals surface area contributed by atoms with Crippen LogP contribution in [0.1, 0.15) is 37.8 Å². The SMILES string of the molecule is Cc1ccccc1CN1CCC(NC(=O)N2CCN(CC(C)(C)O)CC2)CC1. The monoisotopic (exact) mass is 388 g/mol. The van der Waals surface area contributed by atoms with Crippen LogP contribution in [-0.2, 0) is 6.54 Å². The number of piperazine rings is 1. The normalized spacial score (nSPS) is 20.4. The van der Waals surface area contributed by atoms with Crippen molar-refractivity contribution in [1.82, 2.24) is 20.0 Å². The Bertz CT molecular complexity index is 642. The summed E-state index contributed by atoms with van der Waals surface area (Å²) >= 11 is 0. The average molecular weight is 389 g/mol. The summed E-state index contributed by atoms with van der Waals surface area (Å²) in [6, 6.07) is 8.92. The summed E-state index contributed by atoms with van der Waals surface area (Å²) in [5.41, 5.74) is 2.06. The van der Waals surface area contributed by atoms with Crippen LogP contribution in [0.2, 0.25) is 0 Å². The first-order valence-electron chi connectivity index (χ1n) is 10.6. The van der Waals surface area contributed by atoms with E-state index in [0.717, 1.165) is 58.7 Å². The van der Waals surface area contributed by atoms with Crippen molar-refractivity contribution >= 4 is 6.03 Å². The first kappa shape index (κ1) is 21.1. The number of urea groups is 1. The van der Waals surface area contributed by atoms with Crippen molar-refractivity contribution in [3.63, 3.8) is 0 Å². The molecule has 3 rings (SSSR count). The number of carbonyl (C=O) groups is 1. The first-order valence-corrected chi connectivity index (χ1v) is 10.6. The number of likely N-dealkylation sites (tertiary alicyclic amines) is 1. The van der Waals surface area contributed by atoms with Crippen molar-refractivity contribution in [2.45, 2.75) is 51.8 Å². The smallest absolute Gasteiger partial charge is 0.317 e. The second-order valence-corrected chi connectivity index (χ2v) is 9.00. The van der Waals surface area contributed by atoms with Gasteiger partial charge in [0.1, 0.15) is 0 Å². The van der Waals surface area contributed by atoms with Gasteiger partial charge in [0.2, 0.25) is 0 Å². The summed E-state index contributed by atoms with van der Waals surface area (Å²) in [4.78, 5) is 19.2. The highest BCUT2D eigenvalue weighted by molar-refractivity contribution is 5.74. The Kier molecular flexibility index (Phi) is 6.96. The van der Waals surface area contributed by atoms with Gasteiger partial charge in [0, 0.05) is 58.4 Å². The Morgan fingerprint density at radius 1 is 1.07 bits per heavy atom. The molecule has 1 aromatic rings. The van der Waals surface area contributed by atoms with E-state index in [4.69, 9.17) is 0 Å². The van der Waals surface area contributed by atoms with Gasteiger partial charge < -0.3 is 15.3 Å². The lowest BCUT2D eigenvalue weighted by Gasteiger charge is -2.38. The predicted molar refractivity (Wildman–Crippen MR) is 112 cm³/mol. The van der Waals surface area contributed by atoms with E-state index in [1.54, 1.807) is 0 Å². The maximum absolute atomic E-state index is 12.6. The minimum atomic E-state index is -0.684. The van der Waals surface area contributed by atoms with E-state index in [-0.39, 0.29) is 12.1 Å². The van der Waals surface area contributed by atoms with E-state index >= 15 is 0 Å². The molecule has 0 aromatic heterocycles. The number of hydrogen-bond acceptors (Lipinski definition) is 4. The summed E-state index contributed by atoms with van der Waals surface area (Å²) in [5.74, 6) is 0. The van der Waals surface area contributed by atoms with Crippen LogP contribution in [0.4, 0.5) is 4.79 Å². The zero-order valence-electron chi connectivity index (χ0n) is 17.7. The Morgan fingerprint density at radius 2 is 1.71 bits per heavy atom. The molecule has 0 bridgehead atoms. The van der Waals surface area contributed by atoms with Crippen LogP contribution in [0, 0.1) is 6.92 Å². The van der Waals surface area contributed by atoms with Gasteiger partial charge in [0.25, 0.3) is 0 Å². The molecule has 6 heteroatoms. The van der Waals surface area contributed by atoms with Gasteiger partial charge in [-0.3, -0.25) is 9.80 Å². The molecule has 0 spiro atoms. The summed E-state index contributed by atoms with van der Waals surface area (Å²) in [6.45, 7) is 12.6. The van der Waals surface area contributed by atoms with E-state index in [1.165, 1.54) is 11.1 Å². The molecule has 0 saturated carbocycles. The summed E-state index contributed by atoms with van der Waals surface area (Å²) in [6.07, 6.45) is 2.02. The zero-order valence-corrected chi connectivity index (χ0v) is 17.7. The molecule has 1 aromatic carbocycles. The molecule has 0 atom stereocenters. The minimum Gasteiger partial charge on any atom is -0.389 e. The summed E-state index contributed by atoms with van der Waals surface area (Å²) in [7, 11) is 0. The number of amides is 2. The lowest BCUT2D eigenvalue weighted by molar-refractivity contribution is 0.0222. The minimum absolute atomic E-state index is 0.0697. The van der Waals surface area contributed by atoms with Gasteiger partial charge in [-0.15, -0.1) is 0 Å². The largest absolute Gasteiger partial charge is 0.389 e. The van der Waals surface area contributed by atoms with Crippen molar-refractivity contribution in [2.75, 3.05) is 45.8 Å². The standard InChI is InChI=1S/C22H36N4O2/c1-18-6-4-5-7-19(18)16-24-10-8-20(9-11-24)23-21(27)26-14-12-25(13-15-26)17-22(2,3)28/h4-7,20,28H,8-17H2,1-3H3,(H,23,27). The van der Waals surface area contributed by atoms with Crippen LogP contribution in [0.25, 0.3) is 0 Å². The number of hydrogen-bond donors (Lipinski definition) is 2. The van der Waals surface area contributed by atoms with Crippen molar-refractivity contribution in [2.24, 2.45) is 0 Å². The number of β-amino-alcohol motifs (C(OH)–C–C–N with tert-alkyl or cyclic N) is 1. The fraction of sp³-hybridized carbons (Fsp3) is 0.682. The molecule has 2 saturated heterocycles. The number of rotatable bonds is 5. The molecular weight excluding hydrogens is 352 g/mol. The summed E-state index contributed by atoms with van der Waals surface area (Å²) < 4.78 is 0. The molecule has 6 nitrogen and oxygen atoms in total. The lowest BCUT2D eigenvalue weighted by Crippen LogP contribution is -2.56. The highest BCUT2D eigenvalue weighted by Gasteiger charge is 2.27. The van der Waals surface area contributed by atoms with E-state index in [9.17, 15) is 9.90 Å². The number of nitrogens with zero attached hydrogens (tertiary/aromatic N) is 3. The Morgan fingerprint density at radius 3 is 2.32 bits per heavy atom. The highest BCUT2D eigenvalue weighted by atomic mass is 16.3. The zero-order chi connectivity index (χ0) is 20.1. The van der Waals surface area contributed by atoms with Crippen molar-refractivity contribution in [3.05, 3.63) is 35.4 Å². The number of benzene rings is 1. The van der Waals surface area contributed by atoms with Crippen LogP contribution in [-0.4, -0.2) is 83.3 Å². The van der Waals surface area contributed by atoms with Crippen molar-refractivity contribution < 1.29 is 9.90 Å². The molecule has 0 aliphatic carbocycles. The van der Waals surface area contributed by atoms with E-state index in [2.05, 4.69) is 46.3 Å². The summed E-state index contributed by atoms with van der Waals surface area (Å²) in [5, 5.41) is 13.2. The molecule has 2 heterocycles. The maximum atomic E-state index is 12.6. The molecule has 2 fully saturated rings. The number of aliphatic hydroxyl groups is 1. The van der Waals surface area contributed by atoms with Crippen molar-refractivity contribution in [3.8, 4) is 0 Å². The van der Waals surface area contributed by atoms with Crippen LogP contribution in [0.3, 0.4) is 0 Å². The third kappa shape index (κ3) is 6.19. The Labute approximate surface area is 169 Å².